The molecule has 0 aliphatic carbocycles. The summed E-state index contributed by atoms with van der Waals surface area (Å²) in [6, 6.07) is 0.529. The molecule has 0 fully saturated rings. The molecule has 0 spiro atoms. The van der Waals surface area contributed by atoms with E-state index >= 15 is 0 Å². The lowest BCUT2D eigenvalue weighted by Gasteiger charge is -2.38. The fourth-order valence-corrected chi connectivity index (χ4v) is 4.41. The first-order chi connectivity index (χ1) is 9.93. The third kappa shape index (κ3) is 1.73. The predicted octanol–water partition coefficient (Wildman–Crippen LogP) is 4.55. The van der Waals surface area contributed by atoms with Crippen molar-refractivity contribution in [1.29, 1.82) is 0 Å². The average molecular weight is 282 g/mol. The molecule has 1 aromatic heterocycles. The number of aromatic nitrogens is 1. The summed E-state index contributed by atoms with van der Waals surface area (Å²) in [6.45, 7) is 16.5. The summed E-state index contributed by atoms with van der Waals surface area (Å²) < 4.78 is 2.57. The third-order valence-electron chi connectivity index (χ3n) is 5.81. The lowest BCUT2D eigenvalue weighted by atomic mass is 9.67. The van der Waals surface area contributed by atoms with Crippen LogP contribution in [0.3, 0.4) is 0 Å². The standard InChI is InChI=1S/C18H27BN2/c1-8-16-13(5)18-10-17-12(4)11(3)14(6)20(17)19(9-2)21(18)15(16)7/h10,15H,8-9H2,1-7H3. The van der Waals surface area contributed by atoms with E-state index in [1.54, 1.807) is 5.57 Å². The van der Waals surface area contributed by atoms with Gasteiger partial charge >= 0.3 is 6.98 Å². The molecule has 3 heteroatoms. The fourth-order valence-electron chi connectivity index (χ4n) is 4.41. The molecule has 0 N–H and O–H groups in total. The molecule has 1 unspecified atom stereocenters. The minimum Gasteiger partial charge on any atom is -0.389 e. The lowest BCUT2D eigenvalue weighted by Crippen LogP contribution is -2.49. The molecule has 0 bridgehead atoms. The van der Waals surface area contributed by atoms with E-state index in [1.165, 1.54) is 33.8 Å². The fraction of sp³-hybridized carbons (Fsp3) is 0.556. The molecule has 3 rings (SSSR count). The van der Waals surface area contributed by atoms with Crippen molar-refractivity contribution in [3.05, 3.63) is 39.4 Å². The summed E-state index contributed by atoms with van der Waals surface area (Å²) in [5.74, 6) is 0. The Morgan fingerprint density at radius 1 is 1.10 bits per heavy atom. The number of nitrogens with zero attached hydrogens (tertiary/aromatic N) is 2. The molecule has 0 radical (unpaired) electrons. The molecule has 2 nitrogen and oxygen atoms in total. The molecule has 2 aliphatic heterocycles. The summed E-state index contributed by atoms with van der Waals surface area (Å²) >= 11 is 0. The van der Waals surface area contributed by atoms with Crippen LogP contribution in [0.25, 0.3) is 6.08 Å². The first kappa shape index (κ1) is 14.6. The van der Waals surface area contributed by atoms with Gasteiger partial charge in [-0.25, -0.2) is 0 Å². The van der Waals surface area contributed by atoms with E-state index in [0.717, 1.165) is 12.7 Å². The molecule has 3 heterocycles. The second-order valence-corrected chi connectivity index (χ2v) is 6.60. The van der Waals surface area contributed by atoms with E-state index in [0.29, 0.717) is 13.0 Å². The molecule has 0 saturated heterocycles. The molecule has 1 aromatic rings. The van der Waals surface area contributed by atoms with Gasteiger partial charge in [-0.1, -0.05) is 13.8 Å². The summed E-state index contributed by atoms with van der Waals surface area (Å²) in [5, 5.41) is 0. The van der Waals surface area contributed by atoms with E-state index < -0.39 is 0 Å². The second-order valence-electron chi connectivity index (χ2n) is 6.60. The minimum absolute atomic E-state index is 0.460. The van der Waals surface area contributed by atoms with Crippen LogP contribution < -0.4 is 0 Å². The van der Waals surface area contributed by atoms with Crippen molar-refractivity contribution in [2.75, 3.05) is 0 Å². The van der Waals surface area contributed by atoms with Crippen LogP contribution in [-0.4, -0.2) is 22.3 Å². The van der Waals surface area contributed by atoms with Crippen LogP contribution in [0.15, 0.2) is 16.8 Å². The van der Waals surface area contributed by atoms with Gasteiger partial charge in [-0.2, -0.15) is 0 Å². The first-order valence-electron chi connectivity index (χ1n) is 8.31. The Kier molecular flexibility index (Phi) is 3.35. The van der Waals surface area contributed by atoms with Gasteiger partial charge in [0.05, 0.1) is 0 Å². The Bertz CT molecular complexity index is 663. The Labute approximate surface area is 129 Å². The van der Waals surface area contributed by atoms with Gasteiger partial charge in [0.2, 0.25) is 0 Å². The summed E-state index contributed by atoms with van der Waals surface area (Å²) in [5.41, 5.74) is 10.3. The summed E-state index contributed by atoms with van der Waals surface area (Å²) in [7, 11) is 0. The smallest absolute Gasteiger partial charge is 0.380 e. The van der Waals surface area contributed by atoms with Gasteiger partial charge in [-0.15, -0.1) is 0 Å². The van der Waals surface area contributed by atoms with E-state index in [4.69, 9.17) is 0 Å². The zero-order valence-corrected chi connectivity index (χ0v) is 14.5. The van der Waals surface area contributed by atoms with E-state index in [-0.39, 0.29) is 0 Å². The summed E-state index contributed by atoms with van der Waals surface area (Å²) in [6.07, 6.45) is 4.73. The number of hydrogen-bond donors (Lipinski definition) is 0. The zero-order valence-electron chi connectivity index (χ0n) is 14.5. The Morgan fingerprint density at radius 2 is 1.76 bits per heavy atom. The highest BCUT2D eigenvalue weighted by atomic mass is 15.2. The topological polar surface area (TPSA) is 8.17 Å². The van der Waals surface area contributed by atoms with Crippen LogP contribution in [0.5, 0.6) is 0 Å². The normalized spacial score (nSPS) is 20.9. The molecule has 2 aliphatic rings. The van der Waals surface area contributed by atoms with Gasteiger partial charge in [0.25, 0.3) is 0 Å². The van der Waals surface area contributed by atoms with E-state index in [1.807, 2.05) is 0 Å². The average Bonchev–Trinajstić information content (AvgIpc) is 2.85. The number of allylic oxidation sites excluding steroid dienone is 1. The van der Waals surface area contributed by atoms with Gasteiger partial charge in [-0.05, 0) is 75.7 Å². The van der Waals surface area contributed by atoms with Crippen molar-refractivity contribution in [3.63, 3.8) is 0 Å². The SMILES string of the molecule is CCB1N2C(=Cc3c(C)c(C)c(C)n31)C(C)=C(CC)C2C. The number of hydrogen-bond acceptors (Lipinski definition) is 1. The maximum absolute atomic E-state index is 2.65. The van der Waals surface area contributed by atoms with Crippen LogP contribution in [0.1, 0.15) is 56.6 Å². The molecule has 0 aromatic carbocycles. The molecular formula is C18H27BN2. The molecule has 0 amide bonds. The maximum atomic E-state index is 2.65. The van der Waals surface area contributed by atoms with Crippen molar-refractivity contribution in [1.82, 2.24) is 9.29 Å². The van der Waals surface area contributed by atoms with Crippen LogP contribution in [0.2, 0.25) is 6.32 Å². The zero-order chi connectivity index (χ0) is 15.5. The lowest BCUT2D eigenvalue weighted by molar-refractivity contribution is 0.475. The highest BCUT2D eigenvalue weighted by Crippen LogP contribution is 2.42. The first-order valence-corrected chi connectivity index (χ1v) is 8.31. The highest BCUT2D eigenvalue weighted by molar-refractivity contribution is 6.56. The largest absolute Gasteiger partial charge is 0.389 e. The molecular weight excluding hydrogens is 255 g/mol. The Balaban J connectivity index is 2.26. The van der Waals surface area contributed by atoms with Crippen LogP contribution >= 0.6 is 0 Å². The third-order valence-corrected chi connectivity index (χ3v) is 5.81. The van der Waals surface area contributed by atoms with Crippen molar-refractivity contribution in [2.45, 2.75) is 67.2 Å². The molecule has 21 heavy (non-hydrogen) atoms. The van der Waals surface area contributed by atoms with Crippen LogP contribution in [0, 0.1) is 20.8 Å². The van der Waals surface area contributed by atoms with E-state index in [2.05, 4.69) is 63.8 Å². The highest BCUT2D eigenvalue weighted by Gasteiger charge is 2.41. The second kappa shape index (κ2) is 4.83. The maximum Gasteiger partial charge on any atom is 0.380 e. The van der Waals surface area contributed by atoms with E-state index in [9.17, 15) is 0 Å². The predicted molar refractivity (Wildman–Crippen MR) is 92.5 cm³/mol. The van der Waals surface area contributed by atoms with Crippen molar-refractivity contribution >= 4 is 13.1 Å². The Morgan fingerprint density at radius 3 is 2.33 bits per heavy atom. The molecule has 112 valence electrons. The minimum atomic E-state index is 0.460. The quantitative estimate of drug-likeness (QED) is 0.722. The van der Waals surface area contributed by atoms with Crippen molar-refractivity contribution in [3.8, 4) is 0 Å². The van der Waals surface area contributed by atoms with Crippen LogP contribution in [-0.2, 0) is 0 Å². The van der Waals surface area contributed by atoms with Gasteiger partial charge in [0.15, 0.2) is 0 Å². The van der Waals surface area contributed by atoms with Crippen LogP contribution in [0.4, 0.5) is 0 Å². The van der Waals surface area contributed by atoms with Gasteiger partial charge < -0.3 is 9.29 Å². The number of fused-ring (bicyclic) bond motifs is 2. The van der Waals surface area contributed by atoms with Crippen molar-refractivity contribution < 1.29 is 0 Å². The Hall–Kier alpha value is -1.38. The number of rotatable bonds is 2. The monoisotopic (exact) mass is 282 g/mol. The van der Waals surface area contributed by atoms with Gasteiger partial charge in [0, 0.05) is 23.1 Å². The van der Waals surface area contributed by atoms with Crippen molar-refractivity contribution in [2.24, 2.45) is 0 Å². The van der Waals surface area contributed by atoms with Gasteiger partial charge in [-0.3, -0.25) is 0 Å². The molecule has 0 saturated carbocycles. The molecule has 1 atom stereocenters. The van der Waals surface area contributed by atoms with Gasteiger partial charge in [0.1, 0.15) is 0 Å². The summed E-state index contributed by atoms with van der Waals surface area (Å²) in [4.78, 5) is 2.65.